The number of carbonyl (C=O) groups is 3. The Bertz CT molecular complexity index is 1240. The van der Waals surface area contributed by atoms with E-state index in [1.54, 1.807) is 38.3 Å². The number of esters is 1. The number of amides is 3. The molecule has 198 valence electrons. The normalized spacial score (nSPS) is 13.0. The number of benzene rings is 3. The summed E-state index contributed by atoms with van der Waals surface area (Å²) in [6, 6.07) is 21.3. The Labute approximate surface area is 222 Å². The maximum absolute atomic E-state index is 12.7. The number of ether oxygens (including phenoxy) is 2. The molecule has 2 N–H and O–H groups in total. The number of nitrogens with one attached hydrogen (secondary N) is 2. The standard InChI is InChI=1S/C29H32N4O5/c1-3-38-28(35)22-6-8-23(9-7-22)30-29(36)31-24-10-12-25(13-11-24)32-16-18-33(19-17-32)27(34)20-21-4-14-26(37-2)15-5-21/h4-15H,3,16-20H2,1-2H3,(H2,30,31,36). The van der Waals surface area contributed by atoms with Crippen LogP contribution >= 0.6 is 0 Å². The molecule has 0 radical (unpaired) electrons. The lowest BCUT2D eigenvalue weighted by molar-refractivity contribution is -0.130. The van der Waals surface area contributed by atoms with Crippen LogP contribution in [0.5, 0.6) is 5.75 Å². The molecule has 9 heteroatoms. The number of nitrogens with zero attached hydrogens (tertiary/aromatic N) is 2. The molecular weight excluding hydrogens is 484 g/mol. The summed E-state index contributed by atoms with van der Waals surface area (Å²) in [6.45, 7) is 4.85. The number of hydrogen-bond donors (Lipinski definition) is 2. The molecule has 0 saturated carbocycles. The smallest absolute Gasteiger partial charge is 0.338 e. The molecule has 1 saturated heterocycles. The molecule has 3 amide bonds. The van der Waals surface area contributed by atoms with Crippen molar-refractivity contribution in [1.29, 1.82) is 0 Å². The van der Waals surface area contributed by atoms with E-state index < -0.39 is 5.97 Å². The quantitative estimate of drug-likeness (QED) is 0.431. The molecule has 0 bridgehead atoms. The van der Waals surface area contributed by atoms with E-state index in [1.807, 2.05) is 53.4 Å². The van der Waals surface area contributed by atoms with Crippen LogP contribution in [0.15, 0.2) is 72.8 Å². The Balaban J connectivity index is 1.23. The lowest BCUT2D eigenvalue weighted by Gasteiger charge is -2.36. The fourth-order valence-electron chi connectivity index (χ4n) is 4.20. The number of urea groups is 1. The average molecular weight is 517 g/mol. The van der Waals surface area contributed by atoms with Crippen LogP contribution in [0.1, 0.15) is 22.8 Å². The topological polar surface area (TPSA) is 100 Å². The summed E-state index contributed by atoms with van der Waals surface area (Å²) in [7, 11) is 1.62. The van der Waals surface area contributed by atoms with Gasteiger partial charge in [0.25, 0.3) is 0 Å². The van der Waals surface area contributed by atoms with Crippen LogP contribution < -0.4 is 20.3 Å². The van der Waals surface area contributed by atoms with Crippen LogP contribution in [-0.4, -0.2) is 62.7 Å². The summed E-state index contributed by atoms with van der Waals surface area (Å²) in [5.41, 5.74) is 3.65. The van der Waals surface area contributed by atoms with Crippen molar-refractivity contribution in [3.63, 3.8) is 0 Å². The van der Waals surface area contributed by atoms with Crippen LogP contribution in [-0.2, 0) is 16.0 Å². The lowest BCUT2D eigenvalue weighted by atomic mass is 10.1. The maximum Gasteiger partial charge on any atom is 0.338 e. The fraction of sp³-hybridized carbons (Fsp3) is 0.276. The number of anilines is 3. The lowest BCUT2D eigenvalue weighted by Crippen LogP contribution is -2.49. The summed E-state index contributed by atoms with van der Waals surface area (Å²) in [5, 5.41) is 5.56. The van der Waals surface area contributed by atoms with Crippen molar-refractivity contribution in [3.8, 4) is 5.75 Å². The van der Waals surface area contributed by atoms with E-state index in [1.165, 1.54) is 0 Å². The molecule has 1 heterocycles. The van der Waals surface area contributed by atoms with Crippen molar-refractivity contribution in [2.45, 2.75) is 13.3 Å². The fourth-order valence-corrected chi connectivity index (χ4v) is 4.20. The maximum atomic E-state index is 12.7. The first-order valence-electron chi connectivity index (χ1n) is 12.6. The van der Waals surface area contributed by atoms with Crippen molar-refractivity contribution in [3.05, 3.63) is 83.9 Å². The molecule has 38 heavy (non-hydrogen) atoms. The van der Waals surface area contributed by atoms with Crippen molar-refractivity contribution >= 4 is 35.0 Å². The first-order chi connectivity index (χ1) is 18.4. The third kappa shape index (κ3) is 7.03. The monoisotopic (exact) mass is 516 g/mol. The van der Waals surface area contributed by atoms with Gasteiger partial charge in [-0.15, -0.1) is 0 Å². The van der Waals surface area contributed by atoms with Crippen LogP contribution in [0.3, 0.4) is 0 Å². The van der Waals surface area contributed by atoms with Crippen LogP contribution in [0.25, 0.3) is 0 Å². The summed E-state index contributed by atoms with van der Waals surface area (Å²) in [6.07, 6.45) is 0.377. The zero-order chi connectivity index (χ0) is 26.9. The third-order valence-electron chi connectivity index (χ3n) is 6.29. The Morgan fingerprint density at radius 3 is 1.92 bits per heavy atom. The summed E-state index contributed by atoms with van der Waals surface area (Å²) in [5.74, 6) is 0.500. The van der Waals surface area contributed by atoms with Crippen LogP contribution in [0, 0.1) is 0 Å². The van der Waals surface area contributed by atoms with Crippen LogP contribution in [0.4, 0.5) is 21.9 Å². The zero-order valence-corrected chi connectivity index (χ0v) is 21.6. The highest BCUT2D eigenvalue weighted by atomic mass is 16.5. The predicted molar refractivity (Wildman–Crippen MR) is 147 cm³/mol. The molecule has 0 atom stereocenters. The number of carbonyl (C=O) groups excluding carboxylic acids is 3. The number of methoxy groups -OCH3 is 1. The Hall–Kier alpha value is -4.53. The van der Waals surface area contributed by atoms with Crippen molar-refractivity contribution in [1.82, 2.24) is 4.90 Å². The minimum atomic E-state index is -0.398. The largest absolute Gasteiger partial charge is 0.497 e. The van der Waals surface area contributed by atoms with Crippen molar-refractivity contribution in [2.75, 3.05) is 55.4 Å². The van der Waals surface area contributed by atoms with Gasteiger partial charge in [-0.05, 0) is 73.2 Å². The molecule has 0 spiro atoms. The van der Waals surface area contributed by atoms with Gasteiger partial charge in [-0.1, -0.05) is 12.1 Å². The van der Waals surface area contributed by atoms with Gasteiger partial charge in [0.2, 0.25) is 5.91 Å². The van der Waals surface area contributed by atoms with Gasteiger partial charge in [0.05, 0.1) is 25.7 Å². The van der Waals surface area contributed by atoms with Crippen LogP contribution in [0.2, 0.25) is 0 Å². The second-order valence-corrected chi connectivity index (χ2v) is 8.82. The molecule has 0 aliphatic carbocycles. The zero-order valence-electron chi connectivity index (χ0n) is 21.6. The van der Waals surface area contributed by atoms with Gasteiger partial charge in [-0.2, -0.15) is 0 Å². The molecule has 1 aliphatic heterocycles. The molecule has 3 aromatic rings. The molecule has 1 fully saturated rings. The SMILES string of the molecule is CCOC(=O)c1ccc(NC(=O)Nc2ccc(N3CCN(C(=O)Cc4ccc(OC)cc4)CC3)cc2)cc1. The van der Waals surface area contributed by atoms with E-state index in [0.717, 1.165) is 30.1 Å². The van der Waals surface area contributed by atoms with Gasteiger partial charge in [0.1, 0.15) is 5.75 Å². The number of rotatable bonds is 8. The van der Waals surface area contributed by atoms with E-state index in [9.17, 15) is 14.4 Å². The highest BCUT2D eigenvalue weighted by molar-refractivity contribution is 6.00. The van der Waals surface area contributed by atoms with Gasteiger partial charge >= 0.3 is 12.0 Å². The average Bonchev–Trinajstić information content (AvgIpc) is 2.94. The molecule has 0 aromatic heterocycles. The minimum Gasteiger partial charge on any atom is -0.497 e. The molecular formula is C29H32N4O5. The predicted octanol–water partition coefficient (Wildman–Crippen LogP) is 4.41. The van der Waals surface area contributed by atoms with Gasteiger partial charge in [0, 0.05) is 43.2 Å². The number of piperazine rings is 1. The summed E-state index contributed by atoms with van der Waals surface area (Å²) in [4.78, 5) is 41.0. The van der Waals surface area contributed by atoms with E-state index in [-0.39, 0.29) is 11.9 Å². The molecule has 0 unspecified atom stereocenters. The molecule has 3 aromatic carbocycles. The molecule has 9 nitrogen and oxygen atoms in total. The Kier molecular flexibility index (Phi) is 8.81. The first-order valence-corrected chi connectivity index (χ1v) is 12.6. The van der Waals surface area contributed by atoms with Crippen molar-refractivity contribution < 1.29 is 23.9 Å². The van der Waals surface area contributed by atoms with E-state index in [0.29, 0.717) is 43.1 Å². The van der Waals surface area contributed by atoms with E-state index in [4.69, 9.17) is 9.47 Å². The van der Waals surface area contributed by atoms with E-state index >= 15 is 0 Å². The molecule has 1 aliphatic rings. The minimum absolute atomic E-state index is 0.121. The van der Waals surface area contributed by atoms with Gasteiger partial charge < -0.3 is 29.9 Å². The van der Waals surface area contributed by atoms with Gasteiger partial charge in [-0.3, -0.25) is 4.79 Å². The van der Waals surface area contributed by atoms with Gasteiger partial charge in [0.15, 0.2) is 0 Å². The second kappa shape index (κ2) is 12.6. The Morgan fingerprint density at radius 1 is 0.789 bits per heavy atom. The highest BCUT2D eigenvalue weighted by Gasteiger charge is 2.21. The Morgan fingerprint density at radius 2 is 1.37 bits per heavy atom. The number of hydrogen-bond acceptors (Lipinski definition) is 6. The summed E-state index contributed by atoms with van der Waals surface area (Å²) < 4.78 is 10.1. The van der Waals surface area contributed by atoms with Crippen molar-refractivity contribution in [2.24, 2.45) is 0 Å². The summed E-state index contributed by atoms with van der Waals surface area (Å²) >= 11 is 0. The second-order valence-electron chi connectivity index (χ2n) is 8.82. The molecule has 4 rings (SSSR count). The van der Waals surface area contributed by atoms with E-state index in [2.05, 4.69) is 15.5 Å². The third-order valence-corrected chi connectivity index (χ3v) is 6.29. The van der Waals surface area contributed by atoms with Gasteiger partial charge in [-0.25, -0.2) is 9.59 Å². The first kappa shape index (κ1) is 26.5. The highest BCUT2D eigenvalue weighted by Crippen LogP contribution is 2.21.